The second-order valence-corrected chi connectivity index (χ2v) is 9.23. The van der Waals surface area contributed by atoms with Crippen LogP contribution in [-0.2, 0) is 30.7 Å². The summed E-state index contributed by atoms with van der Waals surface area (Å²) in [5.41, 5.74) is 1.07. The molecule has 29 heavy (non-hydrogen) atoms. The largest absolute Gasteiger partial charge is 0.378 e. The summed E-state index contributed by atoms with van der Waals surface area (Å²) < 4.78 is 43.6. The Labute approximate surface area is 173 Å². The number of hydrogen-bond donors (Lipinski definition) is 0. The van der Waals surface area contributed by atoms with E-state index in [-0.39, 0.29) is 30.0 Å². The number of ether oxygens (including phenoxy) is 3. The van der Waals surface area contributed by atoms with Crippen LogP contribution >= 0.6 is 0 Å². The van der Waals surface area contributed by atoms with Gasteiger partial charge in [0.15, 0.2) is 9.84 Å². The molecule has 0 saturated carbocycles. The molecule has 0 bridgehead atoms. The van der Waals surface area contributed by atoms with Gasteiger partial charge in [0, 0.05) is 13.0 Å². The number of methoxy groups -OCH3 is 1. The lowest BCUT2D eigenvalue weighted by Crippen LogP contribution is -2.36. The van der Waals surface area contributed by atoms with Gasteiger partial charge in [-0.2, -0.15) is 0 Å². The highest BCUT2D eigenvalue weighted by atomic mass is 32.2. The Bertz CT molecular complexity index is 867. The van der Waals surface area contributed by atoms with E-state index in [2.05, 4.69) is 6.58 Å². The van der Waals surface area contributed by atoms with Crippen molar-refractivity contribution in [1.29, 1.82) is 0 Å². The molecule has 0 amide bonds. The van der Waals surface area contributed by atoms with Gasteiger partial charge in [-0.25, -0.2) is 8.42 Å². The second kappa shape index (κ2) is 10.2. The van der Waals surface area contributed by atoms with Crippen LogP contribution < -0.4 is 0 Å². The highest BCUT2D eigenvalue weighted by Gasteiger charge is 2.46. The van der Waals surface area contributed by atoms with Gasteiger partial charge in [-0.1, -0.05) is 54.6 Å². The van der Waals surface area contributed by atoms with Crippen LogP contribution in [0.15, 0.2) is 78.2 Å². The first-order chi connectivity index (χ1) is 14.0. The molecular weight excluding hydrogens is 388 g/mol. The van der Waals surface area contributed by atoms with Gasteiger partial charge in [-0.3, -0.25) is 0 Å². The third kappa shape index (κ3) is 5.54. The standard InChI is InChI=1S/C23H28O5S/c1-3-10-21-20(17-29(24,25)19-13-8-5-9-14-19)23(26-2)22(28-21)16-27-15-18-11-6-4-7-12-18/h3-9,11-14,20-23H,1,10,15-17H2,2H3/t20-,21+,22+,23+/m0/s1. The summed E-state index contributed by atoms with van der Waals surface area (Å²) in [6.07, 6.45) is 1.34. The molecule has 1 aliphatic heterocycles. The Morgan fingerprint density at radius 3 is 2.31 bits per heavy atom. The van der Waals surface area contributed by atoms with Crippen LogP contribution in [0.3, 0.4) is 0 Å². The zero-order chi connectivity index (χ0) is 20.7. The molecule has 1 heterocycles. The minimum Gasteiger partial charge on any atom is -0.378 e. The van der Waals surface area contributed by atoms with Crippen LogP contribution in [0.4, 0.5) is 0 Å². The Kier molecular flexibility index (Phi) is 7.61. The average molecular weight is 417 g/mol. The first-order valence-corrected chi connectivity index (χ1v) is 11.4. The van der Waals surface area contributed by atoms with Crippen LogP contribution in [0.25, 0.3) is 0 Å². The van der Waals surface area contributed by atoms with E-state index in [0.717, 1.165) is 5.56 Å². The van der Waals surface area contributed by atoms with Gasteiger partial charge in [-0.05, 0) is 24.1 Å². The molecule has 0 spiro atoms. The molecule has 1 aliphatic rings. The zero-order valence-electron chi connectivity index (χ0n) is 16.6. The molecule has 5 nitrogen and oxygen atoms in total. The molecule has 2 aromatic carbocycles. The van der Waals surface area contributed by atoms with E-state index in [1.54, 1.807) is 43.5 Å². The predicted octanol–water partition coefficient (Wildman–Crippen LogP) is 3.65. The molecule has 1 fully saturated rings. The van der Waals surface area contributed by atoms with E-state index in [1.807, 2.05) is 30.3 Å². The summed E-state index contributed by atoms with van der Waals surface area (Å²) in [4.78, 5) is 0.316. The van der Waals surface area contributed by atoms with Gasteiger partial charge < -0.3 is 14.2 Å². The fourth-order valence-electron chi connectivity index (χ4n) is 3.79. The highest BCUT2D eigenvalue weighted by molar-refractivity contribution is 7.91. The molecule has 3 rings (SSSR count). The van der Waals surface area contributed by atoms with Gasteiger partial charge in [0.25, 0.3) is 0 Å². The first kappa shape index (κ1) is 21.7. The average Bonchev–Trinajstić information content (AvgIpc) is 3.05. The van der Waals surface area contributed by atoms with E-state index in [1.165, 1.54) is 0 Å². The van der Waals surface area contributed by atoms with Crippen molar-refractivity contribution in [2.24, 2.45) is 5.92 Å². The Morgan fingerprint density at radius 2 is 1.69 bits per heavy atom. The fraction of sp³-hybridized carbons (Fsp3) is 0.391. The lowest BCUT2D eigenvalue weighted by Gasteiger charge is -2.22. The van der Waals surface area contributed by atoms with Crippen LogP contribution in [-0.4, -0.2) is 46.2 Å². The van der Waals surface area contributed by atoms with Crippen molar-refractivity contribution in [2.75, 3.05) is 19.5 Å². The van der Waals surface area contributed by atoms with Gasteiger partial charge >= 0.3 is 0 Å². The quantitative estimate of drug-likeness (QED) is 0.553. The summed E-state index contributed by atoms with van der Waals surface area (Å²) in [6, 6.07) is 18.4. The Morgan fingerprint density at radius 1 is 1.03 bits per heavy atom. The second-order valence-electron chi connectivity index (χ2n) is 7.20. The summed E-state index contributed by atoms with van der Waals surface area (Å²) in [5.74, 6) is -0.336. The normalized spacial score (nSPS) is 24.4. The van der Waals surface area contributed by atoms with Crippen molar-refractivity contribution >= 4 is 9.84 Å². The maximum Gasteiger partial charge on any atom is 0.178 e. The molecule has 156 valence electrons. The maximum absolute atomic E-state index is 12.9. The van der Waals surface area contributed by atoms with Gasteiger partial charge in [-0.15, -0.1) is 6.58 Å². The lowest BCUT2D eigenvalue weighted by molar-refractivity contribution is -0.0570. The molecule has 1 saturated heterocycles. The van der Waals surface area contributed by atoms with E-state index < -0.39 is 9.84 Å². The molecule has 0 aromatic heterocycles. The zero-order valence-corrected chi connectivity index (χ0v) is 17.5. The predicted molar refractivity (Wildman–Crippen MR) is 112 cm³/mol. The molecule has 2 aromatic rings. The molecular formula is C23H28O5S. The highest BCUT2D eigenvalue weighted by Crippen LogP contribution is 2.34. The maximum atomic E-state index is 12.9. The first-order valence-electron chi connectivity index (χ1n) is 9.74. The van der Waals surface area contributed by atoms with E-state index in [0.29, 0.717) is 24.5 Å². The van der Waals surface area contributed by atoms with Crippen molar-refractivity contribution in [3.05, 3.63) is 78.9 Å². The molecule has 0 unspecified atom stereocenters. The molecule has 0 aliphatic carbocycles. The van der Waals surface area contributed by atoms with Crippen molar-refractivity contribution < 1.29 is 22.6 Å². The van der Waals surface area contributed by atoms with Crippen LogP contribution in [0, 0.1) is 5.92 Å². The smallest absolute Gasteiger partial charge is 0.178 e. The number of sulfone groups is 1. The minimum absolute atomic E-state index is 0.0385. The Balaban J connectivity index is 1.70. The van der Waals surface area contributed by atoms with Crippen LogP contribution in [0.2, 0.25) is 0 Å². The van der Waals surface area contributed by atoms with Crippen molar-refractivity contribution in [2.45, 2.75) is 36.2 Å². The summed E-state index contributed by atoms with van der Waals surface area (Å²) in [5, 5.41) is 0. The van der Waals surface area contributed by atoms with Gasteiger partial charge in [0.05, 0.1) is 36.1 Å². The van der Waals surface area contributed by atoms with Crippen LogP contribution in [0.1, 0.15) is 12.0 Å². The van der Waals surface area contributed by atoms with Crippen LogP contribution in [0.5, 0.6) is 0 Å². The summed E-state index contributed by atoms with van der Waals surface area (Å²) >= 11 is 0. The molecule has 6 heteroatoms. The van der Waals surface area contributed by atoms with Crippen molar-refractivity contribution in [3.8, 4) is 0 Å². The molecule has 0 N–H and O–H groups in total. The van der Waals surface area contributed by atoms with Crippen molar-refractivity contribution in [1.82, 2.24) is 0 Å². The van der Waals surface area contributed by atoms with E-state index >= 15 is 0 Å². The topological polar surface area (TPSA) is 61.8 Å². The third-order valence-corrected chi connectivity index (χ3v) is 7.01. The number of hydrogen-bond acceptors (Lipinski definition) is 5. The number of benzene rings is 2. The van der Waals surface area contributed by atoms with Gasteiger partial charge in [0.1, 0.15) is 6.10 Å². The SMILES string of the molecule is C=CC[C@H]1O[C@H](COCc2ccccc2)[C@H](OC)[C@H]1CS(=O)(=O)c1ccccc1. The minimum atomic E-state index is -3.46. The number of rotatable bonds is 10. The Hall–Kier alpha value is -1.99. The van der Waals surface area contributed by atoms with Gasteiger partial charge in [0.2, 0.25) is 0 Å². The van der Waals surface area contributed by atoms with E-state index in [9.17, 15) is 8.42 Å². The van der Waals surface area contributed by atoms with Crippen molar-refractivity contribution in [3.63, 3.8) is 0 Å². The lowest BCUT2D eigenvalue weighted by atomic mass is 9.96. The fourth-order valence-corrected chi connectivity index (χ4v) is 5.47. The summed E-state index contributed by atoms with van der Waals surface area (Å²) in [6.45, 7) is 4.59. The summed E-state index contributed by atoms with van der Waals surface area (Å²) in [7, 11) is -1.87. The third-order valence-electron chi connectivity index (χ3n) is 5.19. The molecule has 4 atom stereocenters. The monoisotopic (exact) mass is 416 g/mol. The molecule has 0 radical (unpaired) electrons. The van der Waals surface area contributed by atoms with E-state index in [4.69, 9.17) is 14.2 Å².